The number of piperidine rings is 1. The van der Waals surface area contributed by atoms with Gasteiger partial charge in [-0.25, -0.2) is 0 Å². The van der Waals surface area contributed by atoms with Crippen LogP contribution in [0.25, 0.3) is 0 Å². The number of benzene rings is 1. The second-order valence-electron chi connectivity index (χ2n) is 7.35. The molecule has 2 aliphatic heterocycles. The van der Waals surface area contributed by atoms with Gasteiger partial charge in [-0.2, -0.15) is 0 Å². The molecule has 2 atom stereocenters. The van der Waals surface area contributed by atoms with Gasteiger partial charge in [0.25, 0.3) is 0 Å². The zero-order valence-corrected chi connectivity index (χ0v) is 15.5. The van der Waals surface area contributed by atoms with E-state index in [4.69, 9.17) is 4.74 Å². The largest absolute Gasteiger partial charge is 0.378 e. The first-order chi connectivity index (χ1) is 12.1. The van der Waals surface area contributed by atoms with Crippen LogP contribution in [0, 0.1) is 0 Å². The summed E-state index contributed by atoms with van der Waals surface area (Å²) in [6, 6.07) is 8.96. The summed E-state index contributed by atoms with van der Waals surface area (Å²) in [6.45, 7) is 3.57. The van der Waals surface area contributed by atoms with Crippen molar-refractivity contribution in [3.8, 4) is 0 Å². The van der Waals surface area contributed by atoms with E-state index in [-0.39, 0.29) is 18.1 Å². The predicted molar refractivity (Wildman–Crippen MR) is 101 cm³/mol. The van der Waals surface area contributed by atoms with Gasteiger partial charge in [0, 0.05) is 32.9 Å². The van der Waals surface area contributed by atoms with Crippen molar-refractivity contribution in [2.45, 2.75) is 44.2 Å². The molecule has 0 spiro atoms. The fraction of sp³-hybridized carbons (Fsp3) is 0.650. The van der Waals surface area contributed by atoms with E-state index >= 15 is 0 Å². The monoisotopic (exact) mass is 345 g/mol. The summed E-state index contributed by atoms with van der Waals surface area (Å²) in [5.41, 5.74) is 2.48. The van der Waals surface area contributed by atoms with E-state index in [1.54, 1.807) is 0 Å². The molecule has 25 heavy (non-hydrogen) atoms. The van der Waals surface area contributed by atoms with Crippen LogP contribution < -0.4 is 10.2 Å². The van der Waals surface area contributed by atoms with Crippen LogP contribution in [0.2, 0.25) is 0 Å². The maximum Gasteiger partial charge on any atom is 0.249 e. The van der Waals surface area contributed by atoms with Gasteiger partial charge >= 0.3 is 0 Å². The Morgan fingerprint density at radius 3 is 2.52 bits per heavy atom. The van der Waals surface area contributed by atoms with Crippen molar-refractivity contribution >= 4 is 11.6 Å². The molecule has 0 aromatic heterocycles. The van der Waals surface area contributed by atoms with Gasteiger partial charge in [0.05, 0.1) is 6.04 Å². The fourth-order valence-corrected chi connectivity index (χ4v) is 3.78. The Bertz CT molecular complexity index is 547. The summed E-state index contributed by atoms with van der Waals surface area (Å²) in [5, 5.41) is 3.14. The second kappa shape index (κ2) is 8.68. The SMILES string of the molecule is CN(C)c1ccc(C(CNC(=O)C2CCCO2)N2CCCCC2)cc1. The number of nitrogens with one attached hydrogen (secondary N) is 1. The number of anilines is 1. The molecular weight excluding hydrogens is 314 g/mol. The summed E-state index contributed by atoms with van der Waals surface area (Å²) in [6.07, 6.45) is 5.37. The van der Waals surface area contributed by atoms with E-state index in [1.165, 1.54) is 30.5 Å². The first kappa shape index (κ1) is 18.2. The maximum atomic E-state index is 12.3. The van der Waals surface area contributed by atoms with Crippen LogP contribution in [-0.4, -0.2) is 57.2 Å². The fourth-order valence-electron chi connectivity index (χ4n) is 3.78. The number of amides is 1. The van der Waals surface area contributed by atoms with Crippen molar-refractivity contribution in [2.75, 3.05) is 45.2 Å². The Balaban J connectivity index is 1.68. The molecule has 0 radical (unpaired) electrons. The molecule has 1 aromatic rings. The highest BCUT2D eigenvalue weighted by Gasteiger charge is 2.27. The average Bonchev–Trinajstić information content (AvgIpc) is 3.18. The van der Waals surface area contributed by atoms with Crippen LogP contribution in [0.15, 0.2) is 24.3 Å². The average molecular weight is 345 g/mol. The zero-order valence-electron chi connectivity index (χ0n) is 15.5. The predicted octanol–water partition coefficient (Wildman–Crippen LogP) is 2.57. The summed E-state index contributed by atoms with van der Waals surface area (Å²) < 4.78 is 5.51. The van der Waals surface area contributed by atoms with Crippen molar-refractivity contribution in [1.29, 1.82) is 0 Å². The van der Waals surface area contributed by atoms with Gasteiger partial charge in [-0.3, -0.25) is 9.69 Å². The number of rotatable bonds is 6. The smallest absolute Gasteiger partial charge is 0.249 e. The molecule has 1 amide bonds. The second-order valence-corrected chi connectivity index (χ2v) is 7.35. The van der Waals surface area contributed by atoms with Gasteiger partial charge in [0.1, 0.15) is 6.10 Å². The van der Waals surface area contributed by atoms with Crippen LogP contribution in [0.4, 0.5) is 5.69 Å². The number of carbonyl (C=O) groups is 1. The standard InChI is InChI=1S/C20H31N3O2/c1-22(2)17-10-8-16(9-11-17)18(23-12-4-3-5-13-23)15-21-20(24)19-7-6-14-25-19/h8-11,18-19H,3-7,12-15H2,1-2H3,(H,21,24). The quantitative estimate of drug-likeness (QED) is 0.861. The molecule has 1 N–H and O–H groups in total. The van der Waals surface area contributed by atoms with Crippen LogP contribution in [0.3, 0.4) is 0 Å². The molecule has 5 nitrogen and oxygen atoms in total. The summed E-state index contributed by atoms with van der Waals surface area (Å²) in [4.78, 5) is 17.0. The minimum atomic E-state index is -0.252. The number of nitrogens with zero attached hydrogens (tertiary/aromatic N) is 2. The zero-order chi connectivity index (χ0) is 17.6. The van der Waals surface area contributed by atoms with Gasteiger partial charge in [0.2, 0.25) is 5.91 Å². The minimum absolute atomic E-state index is 0.0458. The Labute approximate surface area is 151 Å². The molecule has 0 saturated carbocycles. The normalized spacial score (nSPS) is 22.6. The molecule has 2 heterocycles. The van der Waals surface area contributed by atoms with Crippen LogP contribution in [0.1, 0.15) is 43.7 Å². The number of hydrogen-bond acceptors (Lipinski definition) is 4. The molecule has 138 valence electrons. The first-order valence-corrected chi connectivity index (χ1v) is 9.56. The van der Waals surface area contributed by atoms with E-state index in [0.29, 0.717) is 13.2 Å². The summed E-state index contributed by atoms with van der Waals surface area (Å²) >= 11 is 0. The molecule has 2 saturated heterocycles. The summed E-state index contributed by atoms with van der Waals surface area (Å²) in [7, 11) is 4.11. The molecule has 2 fully saturated rings. The Morgan fingerprint density at radius 2 is 1.92 bits per heavy atom. The van der Waals surface area contributed by atoms with Gasteiger partial charge in [-0.05, 0) is 56.5 Å². The van der Waals surface area contributed by atoms with E-state index < -0.39 is 0 Å². The van der Waals surface area contributed by atoms with E-state index in [2.05, 4.69) is 53.5 Å². The van der Waals surface area contributed by atoms with Crippen molar-refractivity contribution < 1.29 is 9.53 Å². The lowest BCUT2D eigenvalue weighted by Gasteiger charge is -2.35. The van der Waals surface area contributed by atoms with Crippen molar-refractivity contribution in [1.82, 2.24) is 10.2 Å². The van der Waals surface area contributed by atoms with E-state index in [9.17, 15) is 4.79 Å². The lowest BCUT2D eigenvalue weighted by molar-refractivity contribution is -0.130. The summed E-state index contributed by atoms with van der Waals surface area (Å²) in [5.74, 6) is 0.0458. The third-order valence-electron chi connectivity index (χ3n) is 5.32. The molecule has 1 aromatic carbocycles. The van der Waals surface area contributed by atoms with Crippen LogP contribution in [-0.2, 0) is 9.53 Å². The topological polar surface area (TPSA) is 44.8 Å². The lowest BCUT2D eigenvalue weighted by Crippen LogP contribution is -2.43. The molecule has 3 rings (SSSR count). The third kappa shape index (κ3) is 4.73. The maximum absolute atomic E-state index is 12.3. The lowest BCUT2D eigenvalue weighted by atomic mass is 10.0. The van der Waals surface area contributed by atoms with Crippen molar-refractivity contribution in [3.05, 3.63) is 29.8 Å². The van der Waals surface area contributed by atoms with Gasteiger partial charge < -0.3 is 15.0 Å². The highest BCUT2D eigenvalue weighted by atomic mass is 16.5. The van der Waals surface area contributed by atoms with E-state index in [0.717, 1.165) is 25.9 Å². The Morgan fingerprint density at radius 1 is 1.20 bits per heavy atom. The first-order valence-electron chi connectivity index (χ1n) is 9.56. The highest BCUT2D eigenvalue weighted by Crippen LogP contribution is 2.26. The van der Waals surface area contributed by atoms with Crippen molar-refractivity contribution in [3.63, 3.8) is 0 Å². The van der Waals surface area contributed by atoms with Gasteiger partial charge in [0.15, 0.2) is 0 Å². The number of carbonyl (C=O) groups excluding carboxylic acids is 1. The number of likely N-dealkylation sites (tertiary alicyclic amines) is 1. The van der Waals surface area contributed by atoms with E-state index in [1.807, 2.05) is 0 Å². The minimum Gasteiger partial charge on any atom is -0.378 e. The molecule has 0 bridgehead atoms. The molecule has 0 aliphatic carbocycles. The van der Waals surface area contributed by atoms with Crippen molar-refractivity contribution in [2.24, 2.45) is 0 Å². The van der Waals surface area contributed by atoms with Gasteiger partial charge in [-0.15, -0.1) is 0 Å². The Kier molecular flexibility index (Phi) is 6.32. The molecule has 2 aliphatic rings. The Hall–Kier alpha value is -1.59. The third-order valence-corrected chi connectivity index (χ3v) is 5.32. The molecule has 2 unspecified atom stereocenters. The molecular formula is C20H31N3O2. The van der Waals surface area contributed by atoms with Crippen LogP contribution >= 0.6 is 0 Å². The number of hydrogen-bond donors (Lipinski definition) is 1. The number of ether oxygens (including phenoxy) is 1. The molecule has 5 heteroatoms. The van der Waals surface area contributed by atoms with Gasteiger partial charge in [-0.1, -0.05) is 18.6 Å². The van der Waals surface area contributed by atoms with Crippen LogP contribution in [0.5, 0.6) is 0 Å². The highest BCUT2D eigenvalue weighted by molar-refractivity contribution is 5.81.